The molecule has 2 nitrogen and oxygen atoms in total. The zero-order chi connectivity index (χ0) is 11.1. The van der Waals surface area contributed by atoms with Gasteiger partial charge in [-0.25, -0.2) is 0 Å². The summed E-state index contributed by atoms with van der Waals surface area (Å²) in [6, 6.07) is 7.65. The standard InChI is InChI=1S/C13H16O2.Na/c1-2-3-4-6-11-7-5-8-12(9-11)10-13(14)15;/h2-3,5,7-9H,4,6,10H2,1H3,(H,14,15);/q;+1/p-1. The van der Waals surface area contributed by atoms with Gasteiger partial charge in [0.25, 0.3) is 0 Å². The summed E-state index contributed by atoms with van der Waals surface area (Å²) in [7, 11) is 0. The van der Waals surface area contributed by atoms with Gasteiger partial charge in [0.05, 0.1) is 0 Å². The molecule has 1 aromatic carbocycles. The number of carbonyl (C=O) groups is 1. The van der Waals surface area contributed by atoms with Crippen molar-refractivity contribution in [2.45, 2.75) is 26.2 Å². The Kier molecular flexibility index (Phi) is 8.26. The average molecular weight is 226 g/mol. The van der Waals surface area contributed by atoms with Crippen molar-refractivity contribution in [1.29, 1.82) is 0 Å². The first-order valence-corrected chi connectivity index (χ1v) is 5.11. The fraction of sp³-hybridized carbons (Fsp3) is 0.308. The van der Waals surface area contributed by atoms with Crippen LogP contribution in [0.1, 0.15) is 24.5 Å². The van der Waals surface area contributed by atoms with Gasteiger partial charge < -0.3 is 9.90 Å². The number of carboxylic acid groups (broad SMARTS) is 1. The minimum atomic E-state index is -1.03. The summed E-state index contributed by atoms with van der Waals surface area (Å²) in [5.74, 6) is -1.03. The van der Waals surface area contributed by atoms with Gasteiger partial charge in [-0.1, -0.05) is 36.4 Å². The Morgan fingerprint density at radius 1 is 1.38 bits per heavy atom. The van der Waals surface area contributed by atoms with Crippen LogP contribution in [0.5, 0.6) is 0 Å². The maximum Gasteiger partial charge on any atom is 1.00 e. The second-order valence-electron chi connectivity index (χ2n) is 3.48. The van der Waals surface area contributed by atoms with Crippen LogP contribution in [0, 0.1) is 0 Å². The number of carbonyl (C=O) groups excluding carboxylic acids is 1. The Bertz CT molecular complexity index is 359. The van der Waals surface area contributed by atoms with E-state index in [-0.39, 0.29) is 36.0 Å². The first-order chi connectivity index (χ1) is 7.22. The zero-order valence-corrected chi connectivity index (χ0v) is 11.9. The summed E-state index contributed by atoms with van der Waals surface area (Å²) in [5, 5.41) is 10.4. The van der Waals surface area contributed by atoms with E-state index in [1.165, 1.54) is 5.56 Å². The van der Waals surface area contributed by atoms with Crippen molar-refractivity contribution in [3.63, 3.8) is 0 Å². The smallest absolute Gasteiger partial charge is 0.550 e. The number of hydrogen-bond donors (Lipinski definition) is 0. The van der Waals surface area contributed by atoms with Crippen LogP contribution in [-0.2, 0) is 17.6 Å². The van der Waals surface area contributed by atoms with Crippen LogP contribution < -0.4 is 34.7 Å². The number of aryl methyl sites for hydroxylation is 1. The molecule has 0 bridgehead atoms. The van der Waals surface area contributed by atoms with E-state index in [1.807, 2.05) is 37.3 Å². The van der Waals surface area contributed by atoms with E-state index in [0.29, 0.717) is 0 Å². The second-order valence-corrected chi connectivity index (χ2v) is 3.48. The van der Waals surface area contributed by atoms with Crippen LogP contribution in [0.2, 0.25) is 0 Å². The molecule has 0 aliphatic carbocycles. The van der Waals surface area contributed by atoms with Gasteiger partial charge in [0.2, 0.25) is 0 Å². The Morgan fingerprint density at radius 2 is 2.06 bits per heavy atom. The SMILES string of the molecule is CC=CCCc1cccc(CC(=O)[O-])c1.[Na+]. The molecule has 0 amide bonds. The molecule has 0 atom stereocenters. The molecule has 16 heavy (non-hydrogen) atoms. The van der Waals surface area contributed by atoms with Crippen molar-refractivity contribution in [2.24, 2.45) is 0 Å². The number of carboxylic acids is 1. The van der Waals surface area contributed by atoms with Gasteiger partial charge >= 0.3 is 29.6 Å². The fourth-order valence-corrected chi connectivity index (χ4v) is 1.48. The summed E-state index contributed by atoms with van der Waals surface area (Å²) < 4.78 is 0. The zero-order valence-electron chi connectivity index (χ0n) is 9.90. The molecule has 0 fully saturated rings. The Balaban J connectivity index is 0.00000225. The minimum absolute atomic E-state index is 0. The van der Waals surface area contributed by atoms with Crippen LogP contribution in [0.4, 0.5) is 0 Å². The van der Waals surface area contributed by atoms with Gasteiger partial charge in [-0.15, -0.1) is 0 Å². The topological polar surface area (TPSA) is 40.1 Å². The molecule has 1 aromatic rings. The first kappa shape index (κ1) is 15.4. The van der Waals surface area contributed by atoms with E-state index in [1.54, 1.807) is 0 Å². The summed E-state index contributed by atoms with van der Waals surface area (Å²) in [6.45, 7) is 1.99. The van der Waals surface area contributed by atoms with Crippen molar-refractivity contribution in [1.82, 2.24) is 0 Å². The third-order valence-corrected chi connectivity index (χ3v) is 2.18. The maximum atomic E-state index is 10.4. The average Bonchev–Trinajstić information content (AvgIpc) is 2.18. The van der Waals surface area contributed by atoms with E-state index in [4.69, 9.17) is 0 Å². The largest absolute Gasteiger partial charge is 1.00 e. The molecule has 1 rings (SSSR count). The monoisotopic (exact) mass is 226 g/mol. The first-order valence-electron chi connectivity index (χ1n) is 5.11. The van der Waals surface area contributed by atoms with Crippen LogP contribution in [-0.4, -0.2) is 5.97 Å². The summed E-state index contributed by atoms with van der Waals surface area (Å²) in [4.78, 5) is 10.4. The van der Waals surface area contributed by atoms with E-state index in [2.05, 4.69) is 6.08 Å². The van der Waals surface area contributed by atoms with Crippen LogP contribution in [0.15, 0.2) is 36.4 Å². The van der Waals surface area contributed by atoms with Crippen molar-refractivity contribution in [3.05, 3.63) is 47.5 Å². The third-order valence-electron chi connectivity index (χ3n) is 2.18. The molecule has 0 radical (unpaired) electrons. The molecular weight excluding hydrogens is 211 g/mol. The molecule has 0 aliphatic heterocycles. The Morgan fingerprint density at radius 3 is 2.69 bits per heavy atom. The molecule has 0 unspecified atom stereocenters. The summed E-state index contributed by atoms with van der Waals surface area (Å²) in [5.41, 5.74) is 1.99. The number of rotatable bonds is 5. The van der Waals surface area contributed by atoms with Gasteiger partial charge in [-0.2, -0.15) is 0 Å². The Labute approximate surface area is 119 Å². The van der Waals surface area contributed by atoms with Crippen molar-refractivity contribution in [2.75, 3.05) is 0 Å². The second kappa shape index (κ2) is 8.57. The molecule has 0 aromatic heterocycles. The van der Waals surface area contributed by atoms with Gasteiger partial charge in [-0.05, 0) is 30.9 Å². The maximum absolute atomic E-state index is 10.4. The van der Waals surface area contributed by atoms with Crippen LogP contribution in [0.3, 0.4) is 0 Å². The molecule has 0 N–H and O–H groups in total. The minimum Gasteiger partial charge on any atom is -0.550 e. The molecular formula is C13H15NaO2. The fourth-order valence-electron chi connectivity index (χ4n) is 1.48. The predicted molar refractivity (Wildman–Crippen MR) is 58.3 cm³/mol. The number of hydrogen-bond acceptors (Lipinski definition) is 2. The Hall–Kier alpha value is -0.570. The summed E-state index contributed by atoms with van der Waals surface area (Å²) in [6.07, 6.45) is 6.06. The van der Waals surface area contributed by atoms with Crippen molar-refractivity contribution < 1.29 is 39.5 Å². The molecule has 0 spiro atoms. The van der Waals surface area contributed by atoms with E-state index in [0.717, 1.165) is 18.4 Å². The molecule has 0 aliphatic rings. The van der Waals surface area contributed by atoms with Crippen molar-refractivity contribution >= 4 is 5.97 Å². The third kappa shape index (κ3) is 6.11. The summed E-state index contributed by atoms with van der Waals surface area (Å²) >= 11 is 0. The van der Waals surface area contributed by atoms with Gasteiger partial charge in [-0.3, -0.25) is 0 Å². The number of aliphatic carboxylic acids is 1. The molecule has 0 heterocycles. The van der Waals surface area contributed by atoms with Crippen LogP contribution >= 0.6 is 0 Å². The number of benzene rings is 1. The van der Waals surface area contributed by atoms with Gasteiger partial charge in [0.1, 0.15) is 0 Å². The van der Waals surface area contributed by atoms with Gasteiger partial charge in [0, 0.05) is 12.4 Å². The molecule has 3 heteroatoms. The van der Waals surface area contributed by atoms with E-state index < -0.39 is 5.97 Å². The molecule has 80 valence electrons. The van der Waals surface area contributed by atoms with E-state index >= 15 is 0 Å². The molecule has 0 saturated carbocycles. The van der Waals surface area contributed by atoms with Gasteiger partial charge in [0.15, 0.2) is 0 Å². The predicted octanol–water partition coefficient (Wildman–Crippen LogP) is -1.51. The van der Waals surface area contributed by atoms with E-state index in [9.17, 15) is 9.90 Å². The molecule has 0 saturated heterocycles. The van der Waals surface area contributed by atoms with Crippen LogP contribution in [0.25, 0.3) is 0 Å². The van der Waals surface area contributed by atoms with Crippen molar-refractivity contribution in [3.8, 4) is 0 Å². The number of allylic oxidation sites excluding steroid dienone is 2. The quantitative estimate of drug-likeness (QED) is 0.452. The normalized spacial score (nSPS) is 10.1.